The molecule has 4 aromatic rings. The summed E-state index contributed by atoms with van der Waals surface area (Å²) in [6.45, 7) is 2.70. The van der Waals surface area contributed by atoms with Crippen LogP contribution in [0.2, 0.25) is 0 Å². The maximum absolute atomic E-state index is 5.97. The molecule has 1 aromatic carbocycles. The van der Waals surface area contributed by atoms with Gasteiger partial charge in [0.15, 0.2) is 17.2 Å². The van der Waals surface area contributed by atoms with Gasteiger partial charge in [-0.15, -0.1) is 0 Å². The van der Waals surface area contributed by atoms with Gasteiger partial charge in [-0.2, -0.15) is 0 Å². The van der Waals surface area contributed by atoms with E-state index in [4.69, 9.17) is 13.4 Å². The van der Waals surface area contributed by atoms with Crippen molar-refractivity contribution in [2.24, 2.45) is 0 Å². The van der Waals surface area contributed by atoms with Crippen LogP contribution in [-0.4, -0.2) is 28.1 Å². The number of para-hydroxylation sites is 2. The van der Waals surface area contributed by atoms with Gasteiger partial charge in [-0.3, -0.25) is 4.90 Å². The summed E-state index contributed by atoms with van der Waals surface area (Å²) >= 11 is 0. The van der Waals surface area contributed by atoms with Gasteiger partial charge >= 0.3 is 0 Å². The predicted octanol–water partition coefficient (Wildman–Crippen LogP) is 4.46. The molecule has 1 saturated heterocycles. The SMILES string of the molecule is c1coc(-c2cc(CN3CCC[C@H](c4nc5ccccc5o4)C3)no2)c1. The molecule has 0 spiro atoms. The Balaban J connectivity index is 1.30. The van der Waals surface area contributed by atoms with E-state index in [1.54, 1.807) is 6.26 Å². The average molecular weight is 349 g/mol. The van der Waals surface area contributed by atoms with E-state index < -0.39 is 0 Å². The Labute approximate surface area is 150 Å². The number of aromatic nitrogens is 2. The lowest BCUT2D eigenvalue weighted by Gasteiger charge is -2.30. The monoisotopic (exact) mass is 349 g/mol. The van der Waals surface area contributed by atoms with Crippen molar-refractivity contribution in [3.05, 3.63) is 60.3 Å². The number of fused-ring (bicyclic) bond motifs is 1. The lowest BCUT2D eigenvalue weighted by molar-refractivity contribution is 0.183. The standard InChI is InChI=1S/C20H19N3O3/c1-2-7-17-16(6-1)21-20(25-17)14-5-3-9-23(12-14)13-15-11-19(26-22-15)18-8-4-10-24-18/h1-2,4,6-8,10-11,14H,3,5,9,12-13H2/t14-/m0/s1. The zero-order valence-electron chi connectivity index (χ0n) is 14.3. The van der Waals surface area contributed by atoms with Gasteiger partial charge < -0.3 is 13.4 Å². The molecular weight excluding hydrogens is 330 g/mol. The normalized spacial score (nSPS) is 18.5. The maximum atomic E-state index is 5.97. The summed E-state index contributed by atoms with van der Waals surface area (Å²) in [5.41, 5.74) is 2.70. The number of hydrogen-bond donors (Lipinski definition) is 0. The Kier molecular flexibility index (Phi) is 3.83. The van der Waals surface area contributed by atoms with Gasteiger partial charge in [0.05, 0.1) is 12.0 Å². The number of rotatable bonds is 4. The van der Waals surface area contributed by atoms with Crippen molar-refractivity contribution >= 4 is 11.1 Å². The molecular formula is C20H19N3O3. The fourth-order valence-corrected chi connectivity index (χ4v) is 3.62. The molecule has 132 valence electrons. The molecule has 26 heavy (non-hydrogen) atoms. The van der Waals surface area contributed by atoms with Crippen LogP contribution < -0.4 is 0 Å². The highest BCUT2D eigenvalue weighted by molar-refractivity contribution is 5.72. The Morgan fingerprint density at radius 3 is 2.96 bits per heavy atom. The molecule has 1 aliphatic heterocycles. The first kappa shape index (κ1) is 15.4. The molecule has 0 radical (unpaired) electrons. The Hall–Kier alpha value is -2.86. The van der Waals surface area contributed by atoms with Crippen LogP contribution in [0.15, 0.2) is 62.1 Å². The topological polar surface area (TPSA) is 68.4 Å². The van der Waals surface area contributed by atoms with Crippen molar-refractivity contribution in [3.8, 4) is 11.5 Å². The molecule has 0 bridgehead atoms. The highest BCUT2D eigenvalue weighted by atomic mass is 16.5. The van der Waals surface area contributed by atoms with Gasteiger partial charge in [-0.25, -0.2) is 4.98 Å². The lowest BCUT2D eigenvalue weighted by Crippen LogP contribution is -2.34. The first-order chi connectivity index (χ1) is 12.8. The van der Waals surface area contributed by atoms with Crippen LogP contribution in [0.1, 0.15) is 30.3 Å². The largest absolute Gasteiger partial charge is 0.461 e. The van der Waals surface area contributed by atoms with Crippen LogP contribution in [0, 0.1) is 0 Å². The smallest absolute Gasteiger partial charge is 0.202 e. The summed E-state index contributed by atoms with van der Waals surface area (Å²) in [6, 6.07) is 13.6. The lowest BCUT2D eigenvalue weighted by atomic mass is 9.98. The summed E-state index contributed by atoms with van der Waals surface area (Å²) < 4.78 is 16.7. The molecule has 1 fully saturated rings. The second-order valence-corrected chi connectivity index (χ2v) is 6.75. The third-order valence-electron chi connectivity index (χ3n) is 4.87. The highest BCUT2D eigenvalue weighted by Gasteiger charge is 2.26. The van der Waals surface area contributed by atoms with Crippen molar-refractivity contribution in [1.29, 1.82) is 0 Å². The third-order valence-corrected chi connectivity index (χ3v) is 4.87. The van der Waals surface area contributed by atoms with E-state index in [1.807, 2.05) is 42.5 Å². The van der Waals surface area contributed by atoms with Crippen molar-refractivity contribution in [1.82, 2.24) is 15.0 Å². The summed E-state index contributed by atoms with van der Waals surface area (Å²) in [4.78, 5) is 7.06. The van der Waals surface area contributed by atoms with Gasteiger partial charge in [-0.05, 0) is 43.7 Å². The Bertz CT molecular complexity index is 969. The zero-order chi connectivity index (χ0) is 17.3. The van der Waals surface area contributed by atoms with Crippen molar-refractivity contribution < 1.29 is 13.4 Å². The number of hydrogen-bond acceptors (Lipinski definition) is 6. The van der Waals surface area contributed by atoms with E-state index in [0.29, 0.717) is 17.4 Å². The number of oxazole rings is 1. The van der Waals surface area contributed by atoms with Gasteiger partial charge in [0.1, 0.15) is 5.52 Å². The molecule has 0 amide bonds. The van der Waals surface area contributed by atoms with Gasteiger partial charge in [0, 0.05) is 25.1 Å². The van der Waals surface area contributed by atoms with Gasteiger partial charge in [-0.1, -0.05) is 17.3 Å². The number of likely N-dealkylation sites (tertiary alicyclic amines) is 1. The van der Waals surface area contributed by atoms with Gasteiger partial charge in [0.2, 0.25) is 5.76 Å². The van der Waals surface area contributed by atoms with Crippen LogP contribution in [0.3, 0.4) is 0 Å². The van der Waals surface area contributed by atoms with Crippen LogP contribution in [0.4, 0.5) is 0 Å². The molecule has 4 heterocycles. The van der Waals surface area contributed by atoms with E-state index in [2.05, 4.69) is 15.0 Å². The molecule has 0 N–H and O–H groups in total. The van der Waals surface area contributed by atoms with Crippen molar-refractivity contribution in [3.63, 3.8) is 0 Å². The van der Waals surface area contributed by atoms with E-state index >= 15 is 0 Å². The van der Waals surface area contributed by atoms with Crippen LogP contribution in [0.5, 0.6) is 0 Å². The predicted molar refractivity (Wildman–Crippen MR) is 95.5 cm³/mol. The quantitative estimate of drug-likeness (QED) is 0.542. The van der Waals surface area contributed by atoms with E-state index in [9.17, 15) is 0 Å². The molecule has 0 aliphatic carbocycles. The molecule has 1 aliphatic rings. The number of furan rings is 1. The number of benzene rings is 1. The Morgan fingerprint density at radius 2 is 2.08 bits per heavy atom. The Morgan fingerprint density at radius 1 is 1.12 bits per heavy atom. The first-order valence-electron chi connectivity index (χ1n) is 8.92. The maximum Gasteiger partial charge on any atom is 0.202 e. The number of nitrogens with zero attached hydrogens (tertiary/aromatic N) is 3. The summed E-state index contributed by atoms with van der Waals surface area (Å²) in [5, 5.41) is 4.18. The minimum absolute atomic E-state index is 0.313. The zero-order valence-corrected chi connectivity index (χ0v) is 14.3. The van der Waals surface area contributed by atoms with E-state index in [1.165, 1.54) is 0 Å². The van der Waals surface area contributed by atoms with E-state index in [0.717, 1.165) is 55.2 Å². The molecule has 1 atom stereocenters. The van der Waals surface area contributed by atoms with Crippen molar-refractivity contribution in [2.45, 2.75) is 25.3 Å². The van der Waals surface area contributed by atoms with E-state index in [-0.39, 0.29) is 0 Å². The summed E-state index contributed by atoms with van der Waals surface area (Å²) in [6.07, 6.45) is 3.85. The van der Waals surface area contributed by atoms with Crippen molar-refractivity contribution in [2.75, 3.05) is 13.1 Å². The second kappa shape index (κ2) is 6.46. The first-order valence-corrected chi connectivity index (χ1v) is 8.92. The minimum atomic E-state index is 0.313. The summed E-state index contributed by atoms with van der Waals surface area (Å²) in [5.74, 6) is 2.52. The molecule has 0 saturated carbocycles. The molecule has 6 nitrogen and oxygen atoms in total. The number of piperidine rings is 1. The molecule has 3 aromatic heterocycles. The second-order valence-electron chi connectivity index (χ2n) is 6.75. The highest BCUT2D eigenvalue weighted by Crippen LogP contribution is 2.30. The minimum Gasteiger partial charge on any atom is -0.461 e. The molecule has 0 unspecified atom stereocenters. The average Bonchev–Trinajstić information content (AvgIpc) is 3.41. The molecule has 5 rings (SSSR count). The van der Waals surface area contributed by atoms with Crippen LogP contribution in [-0.2, 0) is 6.54 Å². The van der Waals surface area contributed by atoms with Crippen LogP contribution in [0.25, 0.3) is 22.6 Å². The van der Waals surface area contributed by atoms with Gasteiger partial charge in [0.25, 0.3) is 0 Å². The molecule has 6 heteroatoms. The summed E-state index contributed by atoms with van der Waals surface area (Å²) in [7, 11) is 0. The third kappa shape index (κ3) is 2.93. The van der Waals surface area contributed by atoms with Crippen LogP contribution >= 0.6 is 0 Å². The fourth-order valence-electron chi connectivity index (χ4n) is 3.62. The fraction of sp³-hybridized carbons (Fsp3) is 0.300.